The van der Waals surface area contributed by atoms with Crippen LogP contribution < -0.4 is 5.32 Å². The van der Waals surface area contributed by atoms with Crippen LogP contribution in [-0.4, -0.2) is 74.7 Å². The van der Waals surface area contributed by atoms with Gasteiger partial charge in [-0.1, -0.05) is 6.92 Å². The van der Waals surface area contributed by atoms with Crippen LogP contribution in [0, 0.1) is 0 Å². The van der Waals surface area contributed by atoms with E-state index in [4.69, 9.17) is 4.74 Å². The van der Waals surface area contributed by atoms with Gasteiger partial charge in [0.25, 0.3) is 0 Å². The molecule has 17 heavy (non-hydrogen) atoms. The Balaban J connectivity index is 2.34. The SMILES string of the molecule is CCOC(=O)C(CN1CCN(CC)CC1)NC. The number of hydrogen-bond donors (Lipinski definition) is 1. The Hall–Kier alpha value is -0.650. The van der Waals surface area contributed by atoms with Gasteiger partial charge in [-0.15, -0.1) is 0 Å². The molecule has 0 aromatic carbocycles. The molecule has 1 saturated heterocycles. The molecule has 1 atom stereocenters. The average Bonchev–Trinajstić information content (AvgIpc) is 2.37. The summed E-state index contributed by atoms with van der Waals surface area (Å²) in [6.07, 6.45) is 0. The molecule has 1 aliphatic heterocycles. The molecule has 0 amide bonds. The van der Waals surface area contributed by atoms with Crippen LogP contribution in [0.5, 0.6) is 0 Å². The van der Waals surface area contributed by atoms with Crippen LogP contribution in [0.1, 0.15) is 13.8 Å². The van der Waals surface area contributed by atoms with Crippen LogP contribution >= 0.6 is 0 Å². The van der Waals surface area contributed by atoms with Crippen molar-refractivity contribution in [1.29, 1.82) is 0 Å². The van der Waals surface area contributed by atoms with Crippen LogP contribution in [0.15, 0.2) is 0 Å². The smallest absolute Gasteiger partial charge is 0.324 e. The second kappa shape index (κ2) is 7.63. The molecule has 1 N–H and O–H groups in total. The predicted octanol–water partition coefficient (Wildman–Crippen LogP) is -0.225. The summed E-state index contributed by atoms with van der Waals surface area (Å²) in [7, 11) is 1.81. The summed E-state index contributed by atoms with van der Waals surface area (Å²) in [4.78, 5) is 16.4. The number of carbonyl (C=O) groups is 1. The zero-order valence-electron chi connectivity index (χ0n) is 11.2. The van der Waals surface area contributed by atoms with Gasteiger partial charge in [0.15, 0.2) is 0 Å². The summed E-state index contributed by atoms with van der Waals surface area (Å²) in [6, 6.07) is -0.205. The summed E-state index contributed by atoms with van der Waals surface area (Å²) in [6.45, 7) is 10.6. The number of piperazine rings is 1. The summed E-state index contributed by atoms with van der Waals surface area (Å²) in [5, 5.41) is 3.03. The van der Waals surface area contributed by atoms with Crippen molar-refractivity contribution in [2.75, 3.05) is 52.9 Å². The van der Waals surface area contributed by atoms with Crippen LogP contribution in [0.25, 0.3) is 0 Å². The normalized spacial score (nSPS) is 20.2. The minimum Gasteiger partial charge on any atom is -0.465 e. The standard InChI is InChI=1S/C12H25N3O2/c1-4-14-6-8-15(9-7-14)10-11(13-3)12(16)17-5-2/h11,13H,4-10H2,1-3H3. The van der Waals surface area contributed by atoms with E-state index in [-0.39, 0.29) is 12.0 Å². The van der Waals surface area contributed by atoms with Crippen molar-refractivity contribution in [1.82, 2.24) is 15.1 Å². The van der Waals surface area contributed by atoms with E-state index in [1.807, 2.05) is 14.0 Å². The Morgan fingerprint density at radius 3 is 2.29 bits per heavy atom. The lowest BCUT2D eigenvalue weighted by Crippen LogP contribution is -2.52. The molecular formula is C12H25N3O2. The summed E-state index contributed by atoms with van der Waals surface area (Å²) < 4.78 is 5.04. The molecule has 1 rings (SSSR count). The number of ether oxygens (including phenoxy) is 1. The molecule has 0 bridgehead atoms. The molecule has 5 nitrogen and oxygen atoms in total. The van der Waals surface area contributed by atoms with E-state index in [2.05, 4.69) is 22.0 Å². The largest absolute Gasteiger partial charge is 0.465 e. The molecule has 0 aromatic heterocycles. The number of nitrogens with zero attached hydrogens (tertiary/aromatic N) is 2. The molecular weight excluding hydrogens is 218 g/mol. The maximum atomic E-state index is 11.6. The van der Waals surface area contributed by atoms with E-state index in [1.54, 1.807) is 0 Å². The number of nitrogens with one attached hydrogen (secondary N) is 1. The van der Waals surface area contributed by atoms with Crippen molar-refractivity contribution in [3.05, 3.63) is 0 Å². The molecule has 0 saturated carbocycles. The van der Waals surface area contributed by atoms with Gasteiger partial charge in [0, 0.05) is 32.7 Å². The zero-order valence-corrected chi connectivity index (χ0v) is 11.2. The van der Waals surface area contributed by atoms with Gasteiger partial charge >= 0.3 is 5.97 Å². The van der Waals surface area contributed by atoms with Crippen LogP contribution in [0.3, 0.4) is 0 Å². The Labute approximate surface area is 104 Å². The molecule has 1 heterocycles. The van der Waals surface area contributed by atoms with E-state index in [1.165, 1.54) is 0 Å². The van der Waals surface area contributed by atoms with Crippen molar-refractivity contribution in [2.24, 2.45) is 0 Å². The molecule has 0 radical (unpaired) electrons. The summed E-state index contributed by atoms with van der Waals surface area (Å²) in [5.41, 5.74) is 0. The first-order valence-electron chi connectivity index (χ1n) is 6.49. The highest BCUT2D eigenvalue weighted by atomic mass is 16.5. The van der Waals surface area contributed by atoms with Crippen LogP contribution in [0.4, 0.5) is 0 Å². The van der Waals surface area contributed by atoms with Crippen molar-refractivity contribution in [2.45, 2.75) is 19.9 Å². The fourth-order valence-electron chi connectivity index (χ4n) is 2.07. The lowest BCUT2D eigenvalue weighted by atomic mass is 10.2. The summed E-state index contributed by atoms with van der Waals surface area (Å²) >= 11 is 0. The van der Waals surface area contributed by atoms with E-state index >= 15 is 0 Å². The lowest BCUT2D eigenvalue weighted by molar-refractivity contribution is -0.146. The molecule has 0 aliphatic carbocycles. The number of likely N-dealkylation sites (N-methyl/N-ethyl adjacent to an activating group) is 2. The lowest BCUT2D eigenvalue weighted by Gasteiger charge is -2.35. The monoisotopic (exact) mass is 243 g/mol. The Morgan fingerprint density at radius 1 is 1.24 bits per heavy atom. The highest BCUT2D eigenvalue weighted by molar-refractivity contribution is 5.76. The third-order valence-corrected chi connectivity index (χ3v) is 3.27. The van der Waals surface area contributed by atoms with Gasteiger partial charge in [0.05, 0.1) is 6.61 Å². The molecule has 0 aromatic rings. The Bertz CT molecular complexity index is 228. The van der Waals surface area contributed by atoms with E-state index < -0.39 is 0 Å². The second-order valence-electron chi connectivity index (χ2n) is 4.33. The first-order chi connectivity index (χ1) is 8.21. The molecule has 1 fully saturated rings. The van der Waals surface area contributed by atoms with Gasteiger partial charge in [0.2, 0.25) is 0 Å². The zero-order chi connectivity index (χ0) is 12.7. The Morgan fingerprint density at radius 2 is 1.82 bits per heavy atom. The molecule has 0 spiro atoms. The quantitative estimate of drug-likeness (QED) is 0.653. The van der Waals surface area contributed by atoms with E-state index in [0.717, 1.165) is 39.3 Å². The minimum atomic E-state index is -0.205. The Kier molecular flexibility index (Phi) is 6.47. The number of esters is 1. The maximum Gasteiger partial charge on any atom is 0.324 e. The van der Waals surface area contributed by atoms with Gasteiger partial charge in [-0.2, -0.15) is 0 Å². The third-order valence-electron chi connectivity index (χ3n) is 3.27. The van der Waals surface area contributed by atoms with Gasteiger partial charge in [-0.3, -0.25) is 9.69 Å². The maximum absolute atomic E-state index is 11.6. The van der Waals surface area contributed by atoms with Crippen LogP contribution in [0.2, 0.25) is 0 Å². The molecule has 5 heteroatoms. The fraction of sp³-hybridized carbons (Fsp3) is 0.917. The summed E-state index contributed by atoms with van der Waals surface area (Å²) in [5.74, 6) is -0.145. The number of rotatable bonds is 6. The van der Waals surface area contributed by atoms with Gasteiger partial charge in [0.1, 0.15) is 6.04 Å². The second-order valence-corrected chi connectivity index (χ2v) is 4.33. The van der Waals surface area contributed by atoms with Gasteiger partial charge < -0.3 is 15.0 Å². The minimum absolute atomic E-state index is 0.145. The van der Waals surface area contributed by atoms with Crippen molar-refractivity contribution in [3.8, 4) is 0 Å². The first-order valence-corrected chi connectivity index (χ1v) is 6.49. The number of carbonyl (C=O) groups excluding carboxylic acids is 1. The number of hydrogen-bond acceptors (Lipinski definition) is 5. The molecule has 100 valence electrons. The first kappa shape index (κ1) is 14.4. The van der Waals surface area contributed by atoms with Crippen molar-refractivity contribution >= 4 is 5.97 Å². The van der Waals surface area contributed by atoms with E-state index in [0.29, 0.717) is 6.61 Å². The fourth-order valence-corrected chi connectivity index (χ4v) is 2.07. The van der Waals surface area contributed by atoms with Crippen LogP contribution in [-0.2, 0) is 9.53 Å². The van der Waals surface area contributed by atoms with Crippen molar-refractivity contribution in [3.63, 3.8) is 0 Å². The average molecular weight is 243 g/mol. The predicted molar refractivity (Wildman–Crippen MR) is 68.0 cm³/mol. The van der Waals surface area contributed by atoms with E-state index in [9.17, 15) is 4.79 Å². The highest BCUT2D eigenvalue weighted by Crippen LogP contribution is 2.03. The third kappa shape index (κ3) is 4.61. The van der Waals surface area contributed by atoms with Crippen molar-refractivity contribution < 1.29 is 9.53 Å². The molecule has 1 aliphatic rings. The molecule has 1 unspecified atom stereocenters. The highest BCUT2D eigenvalue weighted by Gasteiger charge is 2.23. The topological polar surface area (TPSA) is 44.8 Å². The van der Waals surface area contributed by atoms with Gasteiger partial charge in [-0.05, 0) is 20.5 Å². The van der Waals surface area contributed by atoms with Gasteiger partial charge in [-0.25, -0.2) is 0 Å².